The Hall–Kier alpha value is -2.31. The van der Waals surface area contributed by atoms with Crippen molar-refractivity contribution >= 4 is 6.16 Å². The lowest BCUT2D eigenvalue weighted by molar-refractivity contribution is 0.141. The molecule has 1 aromatic rings. The van der Waals surface area contributed by atoms with Crippen molar-refractivity contribution in [3.63, 3.8) is 0 Å². The maximum Gasteiger partial charge on any atom is 0.511 e. The van der Waals surface area contributed by atoms with Crippen LogP contribution in [-0.2, 0) is 0 Å². The number of unbranched alkanes of at least 4 members (excludes halogenated alkanes) is 12. The number of phenols is 1. The highest BCUT2D eigenvalue weighted by molar-refractivity contribution is 5.73. The summed E-state index contributed by atoms with van der Waals surface area (Å²) in [6, 6.07) is 0. The molecule has 0 radical (unpaired) electrons. The van der Waals surface area contributed by atoms with Crippen LogP contribution in [0.4, 0.5) is 4.79 Å². The fourth-order valence-electron chi connectivity index (χ4n) is 4.06. The third-order valence-electron chi connectivity index (χ3n) is 6.20. The van der Waals surface area contributed by atoms with Gasteiger partial charge in [0.1, 0.15) is 0 Å². The van der Waals surface area contributed by atoms with Gasteiger partial charge in [0.2, 0.25) is 17.2 Å². The van der Waals surface area contributed by atoms with E-state index < -0.39 is 6.16 Å². The minimum Gasteiger partial charge on any atom is -0.502 e. The summed E-state index contributed by atoms with van der Waals surface area (Å²) in [6.07, 6.45) is 14.7. The Bertz CT molecular complexity index is 690. The number of rotatable bonds is 22. The lowest BCUT2D eigenvalue weighted by Gasteiger charge is -2.22. The average molecular weight is 511 g/mol. The Morgan fingerprint density at radius 1 is 0.583 bits per heavy atom. The maximum absolute atomic E-state index is 11.4. The van der Waals surface area contributed by atoms with Crippen LogP contribution in [0.1, 0.15) is 123 Å². The predicted octanol–water partition coefficient (Wildman–Crippen LogP) is 8.81. The first-order valence-electron chi connectivity index (χ1n) is 14.2. The lowest BCUT2D eigenvalue weighted by Crippen LogP contribution is -2.11. The van der Waals surface area contributed by atoms with Gasteiger partial charge < -0.3 is 29.2 Å². The molecule has 0 bridgehead atoms. The summed E-state index contributed by atoms with van der Waals surface area (Å²) in [5.41, 5.74) is 0.389. The molecular weight excluding hydrogens is 460 g/mol. The van der Waals surface area contributed by atoms with E-state index in [0.29, 0.717) is 36.9 Å². The van der Waals surface area contributed by atoms with Crippen LogP contribution in [0.5, 0.6) is 28.7 Å². The lowest BCUT2D eigenvalue weighted by atomic mass is 10.1. The van der Waals surface area contributed by atoms with Crippen LogP contribution >= 0.6 is 0 Å². The van der Waals surface area contributed by atoms with Crippen LogP contribution in [0, 0.1) is 6.92 Å². The molecule has 0 fully saturated rings. The smallest absolute Gasteiger partial charge is 0.502 e. The number of benzene rings is 1. The zero-order valence-corrected chi connectivity index (χ0v) is 23.2. The number of phenolic OH excluding ortho intramolecular Hbond substituents is 1. The van der Waals surface area contributed by atoms with Crippen molar-refractivity contribution in [1.82, 2.24) is 0 Å². The minimum atomic E-state index is -1.51. The summed E-state index contributed by atoms with van der Waals surface area (Å²) in [6.45, 7) is 9.51. The molecule has 0 aliphatic carbocycles. The van der Waals surface area contributed by atoms with E-state index in [1.807, 2.05) is 0 Å². The molecule has 36 heavy (non-hydrogen) atoms. The molecule has 0 heterocycles. The Kier molecular flexibility index (Phi) is 17.5. The highest BCUT2D eigenvalue weighted by Crippen LogP contribution is 2.53. The molecule has 0 saturated heterocycles. The van der Waals surface area contributed by atoms with E-state index in [1.54, 1.807) is 6.92 Å². The zero-order chi connectivity index (χ0) is 26.6. The molecule has 7 heteroatoms. The zero-order valence-electron chi connectivity index (χ0n) is 23.2. The monoisotopic (exact) mass is 510 g/mol. The van der Waals surface area contributed by atoms with Crippen molar-refractivity contribution in [3.8, 4) is 28.7 Å². The van der Waals surface area contributed by atoms with E-state index in [2.05, 4.69) is 20.8 Å². The molecular formula is C29H50O7. The van der Waals surface area contributed by atoms with Crippen molar-refractivity contribution in [2.24, 2.45) is 0 Å². The number of carboxylic acid groups (broad SMARTS) is 1. The Morgan fingerprint density at radius 3 is 1.39 bits per heavy atom. The van der Waals surface area contributed by atoms with Crippen molar-refractivity contribution in [3.05, 3.63) is 5.56 Å². The number of hydrogen-bond donors (Lipinski definition) is 2. The van der Waals surface area contributed by atoms with Gasteiger partial charge in [-0.15, -0.1) is 0 Å². The van der Waals surface area contributed by atoms with Gasteiger partial charge in [-0.3, -0.25) is 0 Å². The molecule has 1 aromatic carbocycles. The summed E-state index contributed by atoms with van der Waals surface area (Å²) in [5.74, 6) is 0.288. The van der Waals surface area contributed by atoms with Crippen molar-refractivity contribution in [2.75, 3.05) is 19.8 Å². The van der Waals surface area contributed by atoms with E-state index >= 15 is 0 Å². The summed E-state index contributed by atoms with van der Waals surface area (Å²) in [7, 11) is 0. The molecule has 7 nitrogen and oxygen atoms in total. The van der Waals surface area contributed by atoms with E-state index in [0.717, 1.165) is 64.2 Å². The van der Waals surface area contributed by atoms with Gasteiger partial charge in [0.25, 0.3) is 0 Å². The quantitative estimate of drug-likeness (QED) is 0.0914. The minimum absolute atomic E-state index is 0.0990. The van der Waals surface area contributed by atoms with Gasteiger partial charge in [0.05, 0.1) is 19.8 Å². The summed E-state index contributed by atoms with van der Waals surface area (Å²) >= 11 is 0. The van der Waals surface area contributed by atoms with Crippen molar-refractivity contribution in [1.29, 1.82) is 0 Å². The Morgan fingerprint density at radius 2 is 0.972 bits per heavy atom. The standard InChI is InChI=1S/C29H50O7/c1-5-8-11-14-17-20-33-26-23(4)25(36-29(31)32)24(30)27(34-21-18-15-12-9-6-2)28(26)35-22-19-16-13-10-7-3/h30H,5-22H2,1-4H3,(H,31,32). The number of hydrogen-bond acceptors (Lipinski definition) is 6. The van der Waals surface area contributed by atoms with Crippen LogP contribution in [0.15, 0.2) is 0 Å². The molecule has 0 spiro atoms. The first-order valence-corrected chi connectivity index (χ1v) is 14.2. The number of carbonyl (C=O) groups is 1. The third-order valence-corrected chi connectivity index (χ3v) is 6.20. The van der Waals surface area contributed by atoms with Gasteiger partial charge in [-0.25, -0.2) is 4.79 Å². The van der Waals surface area contributed by atoms with E-state index in [4.69, 9.17) is 18.9 Å². The second kappa shape index (κ2) is 19.8. The molecule has 0 unspecified atom stereocenters. The van der Waals surface area contributed by atoms with Gasteiger partial charge in [-0.2, -0.15) is 0 Å². The summed E-state index contributed by atoms with van der Waals surface area (Å²) < 4.78 is 23.2. The second-order valence-electron chi connectivity index (χ2n) is 9.45. The van der Waals surface area contributed by atoms with Gasteiger partial charge in [-0.05, 0) is 26.2 Å². The molecule has 0 saturated carbocycles. The highest BCUT2D eigenvalue weighted by atomic mass is 16.7. The van der Waals surface area contributed by atoms with Gasteiger partial charge in [0.15, 0.2) is 11.5 Å². The molecule has 2 N–H and O–H groups in total. The number of aromatic hydroxyl groups is 1. The molecule has 0 atom stereocenters. The Labute approximate surface area is 218 Å². The maximum atomic E-state index is 11.4. The molecule has 0 aliphatic heterocycles. The predicted molar refractivity (Wildman–Crippen MR) is 144 cm³/mol. The van der Waals surface area contributed by atoms with Crippen LogP contribution in [0.3, 0.4) is 0 Å². The first-order chi connectivity index (χ1) is 17.5. The van der Waals surface area contributed by atoms with E-state index in [9.17, 15) is 15.0 Å². The second-order valence-corrected chi connectivity index (χ2v) is 9.45. The normalized spacial score (nSPS) is 10.9. The molecule has 0 aromatic heterocycles. The van der Waals surface area contributed by atoms with Crippen LogP contribution in [0.25, 0.3) is 0 Å². The fourth-order valence-corrected chi connectivity index (χ4v) is 4.06. The number of ether oxygens (including phenoxy) is 4. The third kappa shape index (κ3) is 12.1. The van der Waals surface area contributed by atoms with Crippen LogP contribution < -0.4 is 18.9 Å². The van der Waals surface area contributed by atoms with Gasteiger partial charge >= 0.3 is 6.16 Å². The van der Waals surface area contributed by atoms with Crippen molar-refractivity contribution in [2.45, 2.75) is 124 Å². The van der Waals surface area contributed by atoms with Gasteiger partial charge in [-0.1, -0.05) is 97.8 Å². The summed E-state index contributed by atoms with van der Waals surface area (Å²) in [5, 5.41) is 20.2. The molecule has 0 amide bonds. The topological polar surface area (TPSA) is 94.5 Å². The fraction of sp³-hybridized carbons (Fsp3) is 0.759. The SMILES string of the molecule is CCCCCCCOc1c(C)c(OC(=O)O)c(O)c(OCCCCCCC)c1OCCCCCCC. The average Bonchev–Trinajstić information content (AvgIpc) is 2.85. The summed E-state index contributed by atoms with van der Waals surface area (Å²) in [4.78, 5) is 11.4. The molecule has 1 rings (SSSR count). The van der Waals surface area contributed by atoms with E-state index in [-0.39, 0.29) is 17.2 Å². The largest absolute Gasteiger partial charge is 0.511 e. The molecule has 0 aliphatic rings. The Balaban J connectivity index is 3.13. The van der Waals surface area contributed by atoms with Crippen LogP contribution in [-0.4, -0.2) is 36.2 Å². The van der Waals surface area contributed by atoms with Gasteiger partial charge in [0, 0.05) is 5.56 Å². The first kappa shape index (κ1) is 31.7. The van der Waals surface area contributed by atoms with Crippen LogP contribution in [0.2, 0.25) is 0 Å². The highest BCUT2D eigenvalue weighted by Gasteiger charge is 2.28. The van der Waals surface area contributed by atoms with E-state index in [1.165, 1.54) is 32.1 Å². The molecule has 208 valence electrons. The van der Waals surface area contributed by atoms with Crippen molar-refractivity contribution < 1.29 is 34.0 Å².